The van der Waals surface area contributed by atoms with Crippen LogP contribution in [0.3, 0.4) is 0 Å². The summed E-state index contributed by atoms with van der Waals surface area (Å²) in [5, 5.41) is 0. The molecule has 0 fully saturated rings. The van der Waals surface area contributed by atoms with E-state index in [1.807, 2.05) is 18.2 Å². The Labute approximate surface area is 248 Å². The van der Waals surface area contributed by atoms with Crippen molar-refractivity contribution in [2.45, 2.75) is 77.8 Å². The molecule has 0 radical (unpaired) electrons. The maximum absolute atomic E-state index is 12.4. The van der Waals surface area contributed by atoms with E-state index in [1.54, 1.807) is 0 Å². The predicted octanol–water partition coefficient (Wildman–Crippen LogP) is 8.32. The van der Waals surface area contributed by atoms with Gasteiger partial charge in [-0.2, -0.15) is 0 Å². The smallest absolute Gasteiger partial charge is 0.337 e. The number of hydrogen-bond acceptors (Lipinski definition) is 4. The highest BCUT2D eigenvalue weighted by molar-refractivity contribution is 5.96. The standard InChI is InChI=1S/C36H40N4O2/c1-3-12-33-37-30-19-10-18-29(34(30)40(33)23-11-17-26-13-6-4-7-14-26)35-38-31-25-28(36(41)42-2)20-21-32(31)39(35)24-22-27-15-8-5-9-16-27/h4,6-7,10,13-15,18-21,25H,3,5,8-9,11-12,16-17,22-24H2,1-2H3. The van der Waals surface area contributed by atoms with E-state index in [-0.39, 0.29) is 5.97 Å². The van der Waals surface area contributed by atoms with Crippen molar-refractivity contribution in [3.63, 3.8) is 0 Å². The topological polar surface area (TPSA) is 61.9 Å². The van der Waals surface area contributed by atoms with Crippen LogP contribution in [-0.2, 0) is 30.7 Å². The van der Waals surface area contributed by atoms with Gasteiger partial charge in [-0.1, -0.05) is 55.0 Å². The van der Waals surface area contributed by atoms with Crippen LogP contribution in [0, 0.1) is 0 Å². The van der Waals surface area contributed by atoms with Gasteiger partial charge in [0.15, 0.2) is 0 Å². The normalized spacial score (nSPS) is 13.5. The Morgan fingerprint density at radius 3 is 2.55 bits per heavy atom. The van der Waals surface area contributed by atoms with E-state index in [2.05, 4.69) is 70.7 Å². The Morgan fingerprint density at radius 1 is 0.881 bits per heavy atom. The first-order chi connectivity index (χ1) is 20.7. The number of hydrogen-bond donors (Lipinski definition) is 0. The quantitative estimate of drug-likeness (QED) is 0.120. The number of rotatable bonds is 11. The summed E-state index contributed by atoms with van der Waals surface area (Å²) >= 11 is 0. The molecule has 6 heteroatoms. The average Bonchev–Trinajstić information content (AvgIpc) is 3.58. The minimum atomic E-state index is -0.344. The molecule has 216 valence electrons. The fraction of sp³-hybridized carbons (Fsp3) is 0.361. The van der Waals surface area contributed by atoms with Crippen LogP contribution in [0.25, 0.3) is 33.5 Å². The molecule has 0 saturated heterocycles. The van der Waals surface area contributed by atoms with Gasteiger partial charge in [-0.3, -0.25) is 0 Å². The fourth-order valence-corrected chi connectivity index (χ4v) is 6.35. The van der Waals surface area contributed by atoms with E-state index in [9.17, 15) is 4.79 Å². The number of carbonyl (C=O) groups is 1. The zero-order valence-corrected chi connectivity index (χ0v) is 24.8. The minimum absolute atomic E-state index is 0.344. The van der Waals surface area contributed by atoms with Gasteiger partial charge in [0.05, 0.1) is 34.7 Å². The lowest BCUT2D eigenvalue weighted by atomic mass is 9.97. The molecule has 0 spiro atoms. The highest BCUT2D eigenvalue weighted by atomic mass is 16.5. The van der Waals surface area contributed by atoms with Crippen LogP contribution >= 0.6 is 0 Å². The number of ether oxygens (including phenoxy) is 1. The van der Waals surface area contributed by atoms with Gasteiger partial charge in [-0.05, 0) is 87.3 Å². The zero-order chi connectivity index (χ0) is 28.9. The maximum Gasteiger partial charge on any atom is 0.337 e. The van der Waals surface area contributed by atoms with Crippen LogP contribution in [0.15, 0.2) is 78.4 Å². The van der Waals surface area contributed by atoms with Crippen LogP contribution < -0.4 is 0 Å². The number of esters is 1. The number of methoxy groups -OCH3 is 1. The number of nitrogens with zero attached hydrogens (tertiary/aromatic N) is 4. The Morgan fingerprint density at radius 2 is 1.76 bits per heavy atom. The lowest BCUT2D eigenvalue weighted by molar-refractivity contribution is 0.0601. The number of carbonyl (C=O) groups excluding carboxylic acids is 1. The molecule has 0 amide bonds. The van der Waals surface area contributed by atoms with Gasteiger partial charge in [-0.25, -0.2) is 14.8 Å². The minimum Gasteiger partial charge on any atom is -0.465 e. The maximum atomic E-state index is 12.4. The van der Waals surface area contributed by atoms with Crippen LogP contribution in [0.2, 0.25) is 0 Å². The number of para-hydroxylation sites is 1. The van der Waals surface area contributed by atoms with E-state index in [4.69, 9.17) is 14.7 Å². The molecule has 0 N–H and O–H groups in total. The SMILES string of the molecule is CCCc1nc2cccc(-c3nc4cc(C(=O)OC)ccc4n3CCC3=CCCCC3)c2n1CCCc1ccccc1. The van der Waals surface area contributed by atoms with Crippen molar-refractivity contribution in [2.75, 3.05) is 7.11 Å². The molecule has 0 aliphatic heterocycles. The molecule has 2 aromatic heterocycles. The van der Waals surface area contributed by atoms with Crippen molar-refractivity contribution < 1.29 is 9.53 Å². The number of allylic oxidation sites excluding steroid dienone is 2. The number of fused-ring (bicyclic) bond motifs is 2. The molecule has 0 bridgehead atoms. The van der Waals surface area contributed by atoms with Crippen molar-refractivity contribution in [1.82, 2.24) is 19.1 Å². The van der Waals surface area contributed by atoms with Crippen LogP contribution in [0.4, 0.5) is 0 Å². The van der Waals surface area contributed by atoms with E-state index < -0.39 is 0 Å². The van der Waals surface area contributed by atoms with Gasteiger partial charge in [0, 0.05) is 25.1 Å². The third kappa shape index (κ3) is 5.76. The Balaban J connectivity index is 1.45. The lowest BCUT2D eigenvalue weighted by Crippen LogP contribution is -2.07. The van der Waals surface area contributed by atoms with Crippen LogP contribution in [0.1, 0.15) is 73.6 Å². The molecule has 0 unspecified atom stereocenters. The summed E-state index contributed by atoms with van der Waals surface area (Å²) in [4.78, 5) is 22.7. The molecule has 2 heterocycles. The number of benzene rings is 3. The summed E-state index contributed by atoms with van der Waals surface area (Å²) in [6.07, 6.45) is 12.4. The summed E-state index contributed by atoms with van der Waals surface area (Å²) in [6.45, 7) is 3.96. The van der Waals surface area contributed by atoms with Gasteiger partial charge in [0.1, 0.15) is 11.6 Å². The monoisotopic (exact) mass is 560 g/mol. The summed E-state index contributed by atoms with van der Waals surface area (Å²) < 4.78 is 9.79. The van der Waals surface area contributed by atoms with Crippen molar-refractivity contribution in [3.05, 3.63) is 95.3 Å². The molecule has 6 rings (SSSR count). The Hall–Kier alpha value is -4.19. The number of imidazole rings is 2. The summed E-state index contributed by atoms with van der Waals surface area (Å²) in [7, 11) is 1.42. The molecule has 0 atom stereocenters. The van der Waals surface area contributed by atoms with E-state index in [1.165, 1.54) is 43.9 Å². The molecular weight excluding hydrogens is 520 g/mol. The fourth-order valence-electron chi connectivity index (χ4n) is 6.35. The number of aryl methyl sites for hydroxylation is 4. The second-order valence-corrected chi connectivity index (χ2v) is 11.3. The summed E-state index contributed by atoms with van der Waals surface area (Å²) in [6, 6.07) is 22.9. The largest absolute Gasteiger partial charge is 0.465 e. The first kappa shape index (κ1) is 28.0. The summed E-state index contributed by atoms with van der Waals surface area (Å²) in [5.74, 6) is 1.72. The lowest BCUT2D eigenvalue weighted by Gasteiger charge is -2.16. The van der Waals surface area contributed by atoms with Crippen molar-refractivity contribution >= 4 is 28.0 Å². The first-order valence-corrected chi connectivity index (χ1v) is 15.4. The second-order valence-electron chi connectivity index (χ2n) is 11.3. The van der Waals surface area contributed by atoms with Gasteiger partial charge in [-0.15, -0.1) is 0 Å². The molecule has 0 saturated carbocycles. The van der Waals surface area contributed by atoms with E-state index >= 15 is 0 Å². The van der Waals surface area contributed by atoms with E-state index in [0.29, 0.717) is 5.56 Å². The Bertz CT molecular complexity index is 1730. The van der Waals surface area contributed by atoms with Gasteiger partial charge in [0.2, 0.25) is 0 Å². The molecule has 6 nitrogen and oxygen atoms in total. The first-order valence-electron chi connectivity index (χ1n) is 15.4. The van der Waals surface area contributed by atoms with Crippen molar-refractivity contribution in [1.29, 1.82) is 0 Å². The van der Waals surface area contributed by atoms with Crippen molar-refractivity contribution in [2.24, 2.45) is 0 Å². The third-order valence-electron chi connectivity index (χ3n) is 8.46. The zero-order valence-electron chi connectivity index (χ0n) is 24.8. The highest BCUT2D eigenvalue weighted by Crippen LogP contribution is 2.34. The third-order valence-corrected chi connectivity index (χ3v) is 8.46. The van der Waals surface area contributed by atoms with Gasteiger partial charge >= 0.3 is 5.97 Å². The predicted molar refractivity (Wildman–Crippen MR) is 170 cm³/mol. The van der Waals surface area contributed by atoms with E-state index in [0.717, 1.165) is 84.5 Å². The molecule has 1 aliphatic carbocycles. The van der Waals surface area contributed by atoms with Gasteiger partial charge in [0.25, 0.3) is 0 Å². The second kappa shape index (κ2) is 12.8. The van der Waals surface area contributed by atoms with Crippen LogP contribution in [0.5, 0.6) is 0 Å². The summed E-state index contributed by atoms with van der Waals surface area (Å²) in [5.41, 5.74) is 8.52. The molecular formula is C36H40N4O2. The van der Waals surface area contributed by atoms with Gasteiger partial charge < -0.3 is 13.9 Å². The average molecular weight is 561 g/mol. The molecule has 5 aromatic rings. The van der Waals surface area contributed by atoms with Crippen molar-refractivity contribution in [3.8, 4) is 11.4 Å². The molecule has 3 aromatic carbocycles. The Kier molecular flexibility index (Phi) is 8.50. The molecule has 42 heavy (non-hydrogen) atoms. The highest BCUT2D eigenvalue weighted by Gasteiger charge is 2.21. The number of aromatic nitrogens is 4. The molecule has 1 aliphatic rings. The van der Waals surface area contributed by atoms with Crippen LogP contribution in [-0.4, -0.2) is 32.2 Å².